The number of carboxylic acids is 2. The van der Waals surface area contributed by atoms with Crippen molar-refractivity contribution in [2.75, 3.05) is 13.1 Å². The Kier molecular flexibility index (Phi) is 22.3. The molecule has 25 heteroatoms. The van der Waals surface area contributed by atoms with Gasteiger partial charge in [0.05, 0.1) is 18.8 Å². The smallest absolute Gasteiger partial charge is 0.326 e. The van der Waals surface area contributed by atoms with Crippen LogP contribution in [0.25, 0.3) is 0 Å². The number of phenolic OH excluding ortho intramolecular Hbond substituents is 1. The number of carbonyl (C=O) groups is 9. The molecule has 0 saturated carbocycles. The molecule has 25 nitrogen and oxygen atoms in total. The highest BCUT2D eigenvalue weighted by Gasteiger charge is 2.43. The van der Waals surface area contributed by atoms with Gasteiger partial charge >= 0.3 is 11.9 Å². The van der Waals surface area contributed by atoms with Crippen LogP contribution in [0.5, 0.6) is 5.75 Å². The van der Waals surface area contributed by atoms with Crippen molar-refractivity contribution in [3.63, 3.8) is 0 Å². The van der Waals surface area contributed by atoms with E-state index in [9.17, 15) is 53.4 Å². The van der Waals surface area contributed by atoms with Crippen molar-refractivity contribution in [3.8, 4) is 5.75 Å². The molecule has 0 aliphatic carbocycles. The Labute approximate surface area is 427 Å². The Morgan fingerprint density at radius 1 is 0.743 bits per heavy atom. The lowest BCUT2D eigenvalue weighted by Crippen LogP contribution is -2.65. The number of amides is 7. The van der Waals surface area contributed by atoms with E-state index in [1.807, 2.05) is 0 Å². The number of phenols is 1. The molecule has 0 bridgehead atoms. The van der Waals surface area contributed by atoms with E-state index >= 15 is 0 Å². The van der Waals surface area contributed by atoms with E-state index in [2.05, 4.69) is 46.9 Å². The van der Waals surface area contributed by atoms with Gasteiger partial charge in [-0.1, -0.05) is 76.6 Å². The summed E-state index contributed by atoms with van der Waals surface area (Å²) in [5.41, 5.74) is 18.2. The molecule has 2 aromatic carbocycles. The van der Waals surface area contributed by atoms with Crippen LogP contribution in [0.1, 0.15) is 76.6 Å². The number of guanidine groups is 1. The zero-order valence-electron chi connectivity index (χ0n) is 41.8. The van der Waals surface area contributed by atoms with Crippen LogP contribution in [0.3, 0.4) is 0 Å². The molecular formula is C49H69N13O12. The molecular weight excluding hydrogens is 963 g/mol. The van der Waals surface area contributed by atoms with Crippen LogP contribution in [0, 0.1) is 11.8 Å². The molecule has 1 saturated heterocycles. The maximum Gasteiger partial charge on any atom is 0.326 e. The predicted molar refractivity (Wildman–Crippen MR) is 268 cm³/mol. The average Bonchev–Trinajstić information content (AvgIpc) is 3.85. The summed E-state index contributed by atoms with van der Waals surface area (Å²) in [4.78, 5) is 133. The van der Waals surface area contributed by atoms with E-state index in [0.29, 0.717) is 23.2 Å². The molecule has 402 valence electrons. The van der Waals surface area contributed by atoms with Gasteiger partial charge in [0, 0.05) is 44.2 Å². The van der Waals surface area contributed by atoms with Gasteiger partial charge in [-0.2, -0.15) is 0 Å². The van der Waals surface area contributed by atoms with Gasteiger partial charge < -0.3 is 74.3 Å². The van der Waals surface area contributed by atoms with E-state index in [4.69, 9.17) is 22.3 Å². The van der Waals surface area contributed by atoms with Gasteiger partial charge in [0.1, 0.15) is 48.0 Å². The molecule has 74 heavy (non-hydrogen) atoms. The minimum atomic E-state index is -1.51. The number of aliphatic imine (C=N–C) groups is 1. The number of aromatic amines is 1. The summed E-state index contributed by atoms with van der Waals surface area (Å²) >= 11 is 0. The molecule has 1 aromatic heterocycles. The summed E-state index contributed by atoms with van der Waals surface area (Å²) in [6, 6.07) is 3.95. The molecule has 1 fully saturated rings. The topological polar surface area (TPSA) is 409 Å². The normalized spacial score (nSPS) is 16.2. The quantitative estimate of drug-likeness (QED) is 0.0209. The number of rotatable bonds is 29. The predicted octanol–water partition coefficient (Wildman–Crippen LogP) is -1.70. The zero-order valence-corrected chi connectivity index (χ0v) is 41.8. The first-order valence-corrected chi connectivity index (χ1v) is 24.3. The number of likely N-dealkylation sites (tertiary alicyclic amines) is 1. The first-order chi connectivity index (χ1) is 35.1. The summed E-state index contributed by atoms with van der Waals surface area (Å²) in [6.45, 7) is 6.89. The van der Waals surface area contributed by atoms with Crippen molar-refractivity contribution in [3.05, 3.63) is 83.9 Å². The molecule has 9 atom stereocenters. The van der Waals surface area contributed by atoms with Crippen LogP contribution in [-0.4, -0.2) is 151 Å². The third-order valence-electron chi connectivity index (χ3n) is 12.5. The third kappa shape index (κ3) is 17.9. The number of benzene rings is 2. The SMILES string of the molecule is CC[C@H](C)[C@H](NC(=O)[C@H](Cc1ccc(O)cc1)NC(=O)[C@@H](NC(=O)[C@H](CCCN=C(N)N)NC(=O)C(N)CC(=O)O)C(C)C)C(=O)N[C@@H](Cc1cnc[nH]1)C(=O)N1CCC1C(=O)N[C@@H](Cc1ccccc1)C(=O)O. The summed E-state index contributed by atoms with van der Waals surface area (Å²) in [6.07, 6.45) is 2.49. The Balaban J connectivity index is 1.57. The van der Waals surface area contributed by atoms with E-state index < -0.39 is 120 Å². The highest BCUT2D eigenvalue weighted by Crippen LogP contribution is 2.22. The Hall–Kier alpha value is -8.09. The number of imidazole rings is 1. The summed E-state index contributed by atoms with van der Waals surface area (Å²) in [5.74, 6) is -9.67. The van der Waals surface area contributed by atoms with Gasteiger partial charge in [0.25, 0.3) is 0 Å². The molecule has 4 rings (SSSR count). The summed E-state index contributed by atoms with van der Waals surface area (Å²) in [5, 5.41) is 44.9. The third-order valence-corrected chi connectivity index (χ3v) is 12.5. The van der Waals surface area contributed by atoms with Crippen LogP contribution < -0.4 is 49.1 Å². The van der Waals surface area contributed by atoms with Crippen molar-refractivity contribution in [2.24, 2.45) is 34.0 Å². The van der Waals surface area contributed by atoms with Crippen molar-refractivity contribution < 1.29 is 58.5 Å². The Bertz CT molecular complexity index is 2430. The van der Waals surface area contributed by atoms with Gasteiger partial charge in [0.2, 0.25) is 41.4 Å². The van der Waals surface area contributed by atoms with Crippen molar-refractivity contribution in [1.82, 2.24) is 46.8 Å². The molecule has 3 aromatic rings. The zero-order chi connectivity index (χ0) is 54.6. The minimum absolute atomic E-state index is 0.00211. The second-order valence-corrected chi connectivity index (χ2v) is 18.5. The first kappa shape index (κ1) is 58.5. The molecule has 2 heterocycles. The number of H-pyrrole nitrogens is 1. The summed E-state index contributed by atoms with van der Waals surface area (Å²) < 4.78 is 0. The molecule has 1 aliphatic heterocycles. The standard InChI is InChI=1S/C49H69N13O12/c1-5-27(4)40(46(71)58-35(22-30-24-53-25-55-30)47(72)62-19-17-37(62)44(69)59-36(48(73)74)21-28-10-7-6-8-11-28)61-43(68)34(20-29-13-15-31(63)16-14-29)57-45(70)39(26(2)3)60-42(67)33(12-9-18-54-49(51)52)56-41(66)32(50)23-38(64)65/h6-8,10-11,13-16,24-27,32-37,39-40,63H,5,9,12,17-23,50H2,1-4H3,(H,53,55)(H,56,66)(H,57,70)(H,58,71)(H,59,69)(H,60,67)(H,61,68)(H,64,65)(H,73,74)(H4,51,52,54)/t27-,32?,33-,34-,35-,36-,37?,39-,40-/m0/s1. The second kappa shape index (κ2) is 28.2. The number of carboxylic acid groups (broad SMARTS) is 2. The van der Waals surface area contributed by atoms with Gasteiger partial charge in [0.15, 0.2) is 5.96 Å². The lowest BCUT2D eigenvalue weighted by Gasteiger charge is -2.42. The Morgan fingerprint density at radius 2 is 1.34 bits per heavy atom. The fourth-order valence-corrected chi connectivity index (χ4v) is 7.93. The van der Waals surface area contributed by atoms with Crippen LogP contribution >= 0.6 is 0 Å². The number of nitrogens with zero attached hydrogens (tertiary/aromatic N) is 3. The Morgan fingerprint density at radius 3 is 1.91 bits per heavy atom. The number of nitrogens with two attached hydrogens (primary N) is 3. The second-order valence-electron chi connectivity index (χ2n) is 18.5. The molecule has 2 unspecified atom stereocenters. The number of nitrogens with one attached hydrogen (secondary N) is 7. The largest absolute Gasteiger partial charge is 0.508 e. The lowest BCUT2D eigenvalue weighted by molar-refractivity contribution is -0.151. The number of aromatic hydroxyl groups is 1. The van der Waals surface area contributed by atoms with Crippen LogP contribution in [-0.2, 0) is 62.4 Å². The fraction of sp³-hybridized carbons (Fsp3) is 0.490. The van der Waals surface area contributed by atoms with Crippen LogP contribution in [0.15, 0.2) is 72.1 Å². The van der Waals surface area contributed by atoms with Crippen molar-refractivity contribution in [1.29, 1.82) is 0 Å². The fourth-order valence-electron chi connectivity index (χ4n) is 7.93. The van der Waals surface area contributed by atoms with E-state index in [0.717, 1.165) is 0 Å². The van der Waals surface area contributed by atoms with E-state index in [1.165, 1.54) is 41.7 Å². The first-order valence-electron chi connectivity index (χ1n) is 24.3. The van der Waals surface area contributed by atoms with Crippen molar-refractivity contribution in [2.45, 2.75) is 127 Å². The number of aliphatic carboxylic acids is 2. The van der Waals surface area contributed by atoms with Crippen LogP contribution in [0.2, 0.25) is 0 Å². The molecule has 7 amide bonds. The molecule has 1 aliphatic rings. The highest BCUT2D eigenvalue weighted by atomic mass is 16.4. The number of aromatic nitrogens is 2. The molecule has 0 spiro atoms. The number of carbonyl (C=O) groups excluding carboxylic acids is 7. The number of hydrogen-bond donors (Lipinski definition) is 13. The number of hydrogen-bond acceptors (Lipinski definition) is 13. The van der Waals surface area contributed by atoms with Gasteiger partial charge in [-0.15, -0.1) is 0 Å². The highest BCUT2D eigenvalue weighted by molar-refractivity contribution is 5.98. The van der Waals surface area contributed by atoms with Gasteiger partial charge in [-0.05, 0) is 54.4 Å². The maximum absolute atomic E-state index is 14.5. The van der Waals surface area contributed by atoms with Gasteiger partial charge in [-0.3, -0.25) is 43.3 Å². The molecule has 0 radical (unpaired) electrons. The average molecular weight is 1030 g/mol. The van der Waals surface area contributed by atoms with E-state index in [1.54, 1.807) is 58.0 Å². The van der Waals surface area contributed by atoms with Crippen LogP contribution in [0.4, 0.5) is 0 Å². The lowest BCUT2D eigenvalue weighted by atomic mass is 9.95. The van der Waals surface area contributed by atoms with Crippen molar-refractivity contribution >= 4 is 59.2 Å². The monoisotopic (exact) mass is 1030 g/mol. The van der Waals surface area contributed by atoms with E-state index in [-0.39, 0.29) is 63.3 Å². The van der Waals surface area contributed by atoms with Gasteiger partial charge in [-0.25, -0.2) is 9.78 Å². The minimum Gasteiger partial charge on any atom is -0.508 e. The maximum atomic E-state index is 14.5. The summed E-state index contributed by atoms with van der Waals surface area (Å²) in [7, 11) is 0. The molecule has 16 N–H and O–H groups in total.